The molecule has 0 radical (unpaired) electrons. The third kappa shape index (κ3) is 8.45. The van der Waals surface area contributed by atoms with E-state index in [0.717, 1.165) is 15.6 Å². The Morgan fingerprint density at radius 2 is 1.75 bits per heavy atom. The molecule has 2 rings (SSSR count). The molecule has 2 aromatic rings. The van der Waals surface area contributed by atoms with Crippen molar-refractivity contribution in [2.24, 2.45) is 0 Å². The van der Waals surface area contributed by atoms with Gasteiger partial charge in [-0.2, -0.15) is 0 Å². The first kappa shape index (κ1) is 25.6. The third-order valence-corrected chi connectivity index (χ3v) is 5.37. The van der Waals surface area contributed by atoms with Gasteiger partial charge in [-0.15, -0.1) is 0 Å². The summed E-state index contributed by atoms with van der Waals surface area (Å²) in [6.45, 7) is 3.46. The van der Waals surface area contributed by atoms with Crippen molar-refractivity contribution in [3.8, 4) is 5.75 Å². The van der Waals surface area contributed by atoms with E-state index in [2.05, 4.69) is 37.4 Å². The van der Waals surface area contributed by atoms with Crippen molar-refractivity contribution in [2.75, 3.05) is 11.9 Å². The molecule has 0 heterocycles. The van der Waals surface area contributed by atoms with Crippen LogP contribution in [0, 0.1) is 13.8 Å². The Balaban J connectivity index is 1.66. The van der Waals surface area contributed by atoms with Gasteiger partial charge in [-0.1, -0.05) is 23.7 Å². The van der Waals surface area contributed by atoms with E-state index in [1.54, 1.807) is 31.2 Å². The van der Waals surface area contributed by atoms with Crippen LogP contribution in [0.2, 0.25) is 5.02 Å². The summed E-state index contributed by atoms with van der Waals surface area (Å²) in [5, 5.41) is 5.52. The van der Waals surface area contributed by atoms with Gasteiger partial charge >= 0.3 is 0 Å². The number of halogens is 2. The summed E-state index contributed by atoms with van der Waals surface area (Å²) < 4.78 is 6.15. The Morgan fingerprint density at radius 1 is 1.03 bits per heavy atom. The number of aryl methyl sites for hydroxylation is 1. The third-order valence-electron chi connectivity index (χ3n) is 4.14. The maximum absolute atomic E-state index is 12.0. The molecule has 0 saturated carbocycles. The van der Waals surface area contributed by atoms with E-state index in [9.17, 15) is 14.4 Å². The molecule has 0 aromatic heterocycles. The predicted octanol–water partition coefficient (Wildman–Crippen LogP) is 3.54. The second kappa shape index (κ2) is 12.4. The summed E-state index contributed by atoms with van der Waals surface area (Å²) >= 11 is 14.3. The zero-order valence-corrected chi connectivity index (χ0v) is 20.5. The molecule has 0 fully saturated rings. The standard InChI is InChI=1S/C21H22BrClN4O4S/c1-12-6-7-17(14(22)10-12)31-11-20(30)25-21(32)27-26-19(29)9-8-18(28)24-16-5-3-4-15(23)13(16)2/h3-7,10H,8-9,11H2,1-2H3,(H,24,28)(H,26,29)(H2,25,27,30,32). The van der Waals surface area contributed by atoms with E-state index >= 15 is 0 Å². The van der Waals surface area contributed by atoms with Gasteiger partial charge in [0.2, 0.25) is 11.8 Å². The number of hydrazine groups is 1. The van der Waals surface area contributed by atoms with E-state index in [4.69, 9.17) is 28.6 Å². The summed E-state index contributed by atoms with van der Waals surface area (Å²) in [6.07, 6.45) is -0.128. The van der Waals surface area contributed by atoms with Crippen LogP contribution in [0.25, 0.3) is 0 Å². The first-order valence-electron chi connectivity index (χ1n) is 9.48. The average molecular weight is 542 g/mol. The Morgan fingerprint density at radius 3 is 2.47 bits per heavy atom. The van der Waals surface area contributed by atoms with Crippen LogP contribution in [0.3, 0.4) is 0 Å². The minimum absolute atomic E-state index is 0.0438. The highest BCUT2D eigenvalue weighted by Gasteiger charge is 2.11. The second-order valence-electron chi connectivity index (χ2n) is 6.73. The monoisotopic (exact) mass is 540 g/mol. The number of hydrogen-bond acceptors (Lipinski definition) is 5. The minimum atomic E-state index is -0.500. The van der Waals surface area contributed by atoms with E-state index in [1.807, 2.05) is 19.1 Å². The Hall–Kier alpha value is -2.69. The topological polar surface area (TPSA) is 109 Å². The van der Waals surface area contributed by atoms with Gasteiger partial charge in [0.1, 0.15) is 5.75 Å². The second-order valence-corrected chi connectivity index (χ2v) is 8.40. The van der Waals surface area contributed by atoms with Gasteiger partial charge < -0.3 is 10.1 Å². The smallest absolute Gasteiger partial charge is 0.264 e. The number of amides is 3. The highest BCUT2D eigenvalue weighted by molar-refractivity contribution is 9.10. The fourth-order valence-electron chi connectivity index (χ4n) is 2.43. The molecule has 0 spiro atoms. The fraction of sp³-hybridized carbons (Fsp3) is 0.238. The van der Waals surface area contributed by atoms with Crippen LogP contribution in [-0.4, -0.2) is 29.4 Å². The SMILES string of the molecule is Cc1ccc(OCC(=O)NC(=S)NNC(=O)CCC(=O)Nc2cccc(Cl)c2C)c(Br)c1. The van der Waals surface area contributed by atoms with Crippen molar-refractivity contribution in [1.82, 2.24) is 16.2 Å². The molecular formula is C21H22BrClN4O4S. The zero-order valence-electron chi connectivity index (χ0n) is 17.4. The molecule has 0 aliphatic heterocycles. The lowest BCUT2D eigenvalue weighted by molar-refractivity contribution is -0.125. The van der Waals surface area contributed by atoms with E-state index in [0.29, 0.717) is 16.5 Å². The molecule has 0 aliphatic rings. The molecule has 0 atom stereocenters. The van der Waals surface area contributed by atoms with Crippen molar-refractivity contribution in [3.05, 3.63) is 57.0 Å². The number of anilines is 1. The molecule has 8 nitrogen and oxygen atoms in total. The fourth-order valence-corrected chi connectivity index (χ4v) is 3.38. The number of hydrogen-bond donors (Lipinski definition) is 4. The first-order chi connectivity index (χ1) is 15.2. The van der Waals surface area contributed by atoms with Gasteiger partial charge in [0.15, 0.2) is 11.7 Å². The molecule has 2 aromatic carbocycles. The van der Waals surface area contributed by atoms with Crippen LogP contribution in [0.1, 0.15) is 24.0 Å². The van der Waals surface area contributed by atoms with Crippen molar-refractivity contribution in [3.63, 3.8) is 0 Å². The summed E-state index contributed by atoms with van der Waals surface area (Å²) in [7, 11) is 0. The lowest BCUT2D eigenvalue weighted by atomic mass is 10.2. The molecular weight excluding hydrogens is 520 g/mol. The van der Waals surface area contributed by atoms with Gasteiger partial charge in [0, 0.05) is 23.6 Å². The number of rotatable bonds is 7. The van der Waals surface area contributed by atoms with E-state index in [-0.39, 0.29) is 30.5 Å². The van der Waals surface area contributed by atoms with Crippen molar-refractivity contribution in [1.29, 1.82) is 0 Å². The lowest BCUT2D eigenvalue weighted by Crippen LogP contribution is -2.49. The summed E-state index contributed by atoms with van der Waals surface area (Å²) in [6, 6.07) is 10.6. The van der Waals surface area contributed by atoms with Crippen LogP contribution < -0.4 is 26.2 Å². The Labute approximate surface area is 204 Å². The summed E-state index contributed by atoms with van der Waals surface area (Å²) in [4.78, 5) is 35.9. The van der Waals surface area contributed by atoms with Crippen LogP contribution in [0.5, 0.6) is 5.75 Å². The minimum Gasteiger partial charge on any atom is -0.483 e. The molecule has 32 heavy (non-hydrogen) atoms. The molecule has 3 amide bonds. The molecule has 0 bridgehead atoms. The molecule has 170 valence electrons. The highest BCUT2D eigenvalue weighted by Crippen LogP contribution is 2.25. The number of carbonyl (C=O) groups excluding carboxylic acids is 3. The van der Waals surface area contributed by atoms with Gasteiger partial charge in [0.25, 0.3) is 5.91 Å². The lowest BCUT2D eigenvalue weighted by Gasteiger charge is -2.12. The maximum Gasteiger partial charge on any atom is 0.264 e. The largest absolute Gasteiger partial charge is 0.483 e. The summed E-state index contributed by atoms with van der Waals surface area (Å²) in [5.41, 5.74) is 7.11. The van der Waals surface area contributed by atoms with Gasteiger partial charge in [0.05, 0.1) is 4.47 Å². The number of nitrogens with one attached hydrogen (secondary N) is 4. The van der Waals surface area contributed by atoms with Crippen LogP contribution in [-0.2, 0) is 14.4 Å². The Kier molecular flexibility index (Phi) is 9.89. The molecule has 11 heteroatoms. The number of benzene rings is 2. The normalized spacial score (nSPS) is 10.1. The predicted molar refractivity (Wildman–Crippen MR) is 130 cm³/mol. The van der Waals surface area contributed by atoms with Gasteiger partial charge in [-0.25, -0.2) is 0 Å². The average Bonchev–Trinajstić information content (AvgIpc) is 2.73. The molecule has 0 unspecified atom stereocenters. The molecule has 4 N–H and O–H groups in total. The number of carbonyl (C=O) groups is 3. The first-order valence-corrected chi connectivity index (χ1v) is 11.1. The van der Waals surface area contributed by atoms with Crippen LogP contribution in [0.15, 0.2) is 40.9 Å². The van der Waals surface area contributed by atoms with Gasteiger partial charge in [-0.05, 0) is 77.4 Å². The maximum atomic E-state index is 12.0. The van der Waals surface area contributed by atoms with Crippen molar-refractivity contribution in [2.45, 2.75) is 26.7 Å². The number of ether oxygens (including phenoxy) is 1. The number of thiocarbonyl (C=S) groups is 1. The zero-order chi connectivity index (χ0) is 23.7. The molecule has 0 saturated heterocycles. The van der Waals surface area contributed by atoms with Crippen LogP contribution in [0.4, 0.5) is 5.69 Å². The van der Waals surface area contributed by atoms with E-state index in [1.165, 1.54) is 0 Å². The van der Waals surface area contributed by atoms with E-state index < -0.39 is 11.8 Å². The van der Waals surface area contributed by atoms with Crippen LogP contribution >= 0.6 is 39.7 Å². The molecule has 0 aliphatic carbocycles. The van der Waals surface area contributed by atoms with Crippen molar-refractivity contribution < 1.29 is 19.1 Å². The Bertz CT molecular complexity index is 1030. The highest BCUT2D eigenvalue weighted by atomic mass is 79.9. The summed E-state index contributed by atoms with van der Waals surface area (Å²) in [5.74, 6) is -0.787. The van der Waals surface area contributed by atoms with Crippen molar-refractivity contribution >= 4 is 68.3 Å². The van der Waals surface area contributed by atoms with Gasteiger partial charge in [-0.3, -0.25) is 30.6 Å². The quantitative estimate of drug-likeness (QED) is 0.315.